The molecule has 0 unspecified atom stereocenters. The third kappa shape index (κ3) is 2.85. The monoisotopic (exact) mass is 177 g/mol. The van der Waals surface area contributed by atoms with E-state index in [4.69, 9.17) is 0 Å². The Morgan fingerprint density at radius 3 is 2.00 bits per heavy atom. The fourth-order valence-electron chi connectivity index (χ4n) is 1.33. The molecule has 0 fully saturated rings. The average molecular weight is 177 g/mol. The zero-order valence-corrected chi connectivity index (χ0v) is 9.02. The van der Waals surface area contributed by atoms with Crippen molar-refractivity contribution in [2.75, 3.05) is 7.05 Å². The van der Waals surface area contributed by atoms with Crippen molar-refractivity contribution in [1.82, 2.24) is 5.32 Å². The Hall–Kier alpha value is -0.820. The lowest BCUT2D eigenvalue weighted by Crippen LogP contribution is -2.11. The zero-order chi connectivity index (χ0) is 9.90. The summed E-state index contributed by atoms with van der Waals surface area (Å²) >= 11 is 0. The van der Waals surface area contributed by atoms with E-state index in [1.165, 1.54) is 11.1 Å². The molecule has 0 atom stereocenters. The molecule has 1 aromatic rings. The summed E-state index contributed by atoms with van der Waals surface area (Å²) in [5.41, 5.74) is 3.00. The summed E-state index contributed by atoms with van der Waals surface area (Å²) in [7, 11) is 1.97. The van der Waals surface area contributed by atoms with Crippen LogP contribution in [0.5, 0.6) is 0 Å². The van der Waals surface area contributed by atoms with Gasteiger partial charge in [0.05, 0.1) is 0 Å². The maximum absolute atomic E-state index is 3.14. The van der Waals surface area contributed by atoms with Gasteiger partial charge in [0.2, 0.25) is 0 Å². The minimum atomic E-state index is 0.262. The van der Waals surface area contributed by atoms with E-state index in [1.54, 1.807) is 0 Å². The molecule has 0 saturated heterocycles. The molecular formula is C12H19N. The van der Waals surface area contributed by atoms with E-state index < -0.39 is 0 Å². The molecule has 1 rings (SSSR count). The minimum absolute atomic E-state index is 0.262. The first kappa shape index (κ1) is 10.3. The zero-order valence-electron chi connectivity index (χ0n) is 9.02. The molecule has 13 heavy (non-hydrogen) atoms. The van der Waals surface area contributed by atoms with E-state index in [0.717, 1.165) is 6.54 Å². The second-order valence-electron chi connectivity index (χ2n) is 4.48. The van der Waals surface area contributed by atoms with Crippen LogP contribution < -0.4 is 5.32 Å². The predicted molar refractivity (Wildman–Crippen MR) is 57.9 cm³/mol. The van der Waals surface area contributed by atoms with E-state index in [2.05, 4.69) is 50.4 Å². The Kier molecular flexibility index (Phi) is 3.10. The third-order valence-electron chi connectivity index (χ3n) is 2.20. The van der Waals surface area contributed by atoms with Crippen molar-refractivity contribution in [2.45, 2.75) is 32.7 Å². The second kappa shape index (κ2) is 3.93. The molecule has 1 nitrogen and oxygen atoms in total. The summed E-state index contributed by atoms with van der Waals surface area (Å²) in [5, 5.41) is 3.14. The number of rotatable bonds is 2. The van der Waals surface area contributed by atoms with E-state index >= 15 is 0 Å². The van der Waals surface area contributed by atoms with Crippen LogP contribution in [0.15, 0.2) is 24.3 Å². The topological polar surface area (TPSA) is 12.0 Å². The highest BCUT2D eigenvalue weighted by atomic mass is 14.8. The highest BCUT2D eigenvalue weighted by Gasteiger charge is 2.12. The van der Waals surface area contributed by atoms with Crippen molar-refractivity contribution in [2.24, 2.45) is 0 Å². The fraction of sp³-hybridized carbons (Fsp3) is 0.500. The lowest BCUT2D eigenvalue weighted by molar-refractivity contribution is 0.590. The molecule has 0 aliphatic carbocycles. The van der Waals surface area contributed by atoms with Crippen LogP contribution in [-0.4, -0.2) is 7.05 Å². The molecule has 72 valence electrons. The SMILES string of the molecule is CNCc1ccc(C(C)(C)C)cc1. The lowest BCUT2D eigenvalue weighted by Gasteiger charge is -2.19. The van der Waals surface area contributed by atoms with Crippen molar-refractivity contribution >= 4 is 0 Å². The molecule has 0 spiro atoms. The summed E-state index contributed by atoms with van der Waals surface area (Å²) in [6, 6.07) is 8.81. The van der Waals surface area contributed by atoms with Crippen LogP contribution in [-0.2, 0) is 12.0 Å². The molecule has 0 heterocycles. The summed E-state index contributed by atoms with van der Waals surface area (Å²) in [6.45, 7) is 7.66. The summed E-state index contributed by atoms with van der Waals surface area (Å²) in [4.78, 5) is 0. The number of hydrogen-bond acceptors (Lipinski definition) is 1. The number of benzene rings is 1. The van der Waals surface area contributed by atoms with Gasteiger partial charge in [-0.05, 0) is 23.6 Å². The standard InChI is InChI=1S/C12H19N/c1-12(2,3)11-7-5-10(6-8-11)9-13-4/h5-8,13H,9H2,1-4H3. The Morgan fingerprint density at radius 2 is 1.62 bits per heavy atom. The van der Waals surface area contributed by atoms with Crippen molar-refractivity contribution in [3.05, 3.63) is 35.4 Å². The molecule has 0 aromatic heterocycles. The van der Waals surface area contributed by atoms with Gasteiger partial charge in [-0.25, -0.2) is 0 Å². The van der Waals surface area contributed by atoms with Crippen molar-refractivity contribution in [3.8, 4) is 0 Å². The van der Waals surface area contributed by atoms with Gasteiger partial charge in [-0.15, -0.1) is 0 Å². The maximum atomic E-state index is 3.14. The molecule has 0 aliphatic heterocycles. The van der Waals surface area contributed by atoms with E-state index in [1.807, 2.05) is 7.05 Å². The summed E-state index contributed by atoms with van der Waals surface area (Å²) in [6.07, 6.45) is 0. The van der Waals surface area contributed by atoms with Gasteiger partial charge in [-0.1, -0.05) is 45.0 Å². The quantitative estimate of drug-likeness (QED) is 0.732. The van der Waals surface area contributed by atoms with Gasteiger partial charge in [0.1, 0.15) is 0 Å². The second-order valence-corrected chi connectivity index (χ2v) is 4.48. The van der Waals surface area contributed by atoms with Gasteiger partial charge in [-0.3, -0.25) is 0 Å². The van der Waals surface area contributed by atoms with Crippen LogP contribution in [0.2, 0.25) is 0 Å². The molecule has 0 amide bonds. The van der Waals surface area contributed by atoms with Crippen LogP contribution in [0.1, 0.15) is 31.9 Å². The third-order valence-corrected chi connectivity index (χ3v) is 2.20. The van der Waals surface area contributed by atoms with Gasteiger partial charge in [0.15, 0.2) is 0 Å². The van der Waals surface area contributed by atoms with Gasteiger partial charge in [0.25, 0.3) is 0 Å². The Labute approximate surface area is 81.2 Å². The predicted octanol–water partition coefficient (Wildman–Crippen LogP) is 2.70. The first-order valence-electron chi connectivity index (χ1n) is 4.78. The van der Waals surface area contributed by atoms with E-state index in [9.17, 15) is 0 Å². The summed E-state index contributed by atoms with van der Waals surface area (Å²) in [5.74, 6) is 0. The Morgan fingerprint density at radius 1 is 1.08 bits per heavy atom. The average Bonchev–Trinajstić information content (AvgIpc) is 2.04. The van der Waals surface area contributed by atoms with Gasteiger partial charge in [-0.2, -0.15) is 0 Å². The van der Waals surface area contributed by atoms with E-state index in [-0.39, 0.29) is 5.41 Å². The first-order chi connectivity index (χ1) is 6.04. The molecule has 1 aromatic carbocycles. The molecule has 1 N–H and O–H groups in total. The largest absolute Gasteiger partial charge is 0.316 e. The number of hydrogen-bond donors (Lipinski definition) is 1. The highest BCUT2D eigenvalue weighted by molar-refractivity contribution is 5.27. The highest BCUT2D eigenvalue weighted by Crippen LogP contribution is 2.21. The van der Waals surface area contributed by atoms with Crippen LogP contribution in [0.3, 0.4) is 0 Å². The van der Waals surface area contributed by atoms with Gasteiger partial charge in [0, 0.05) is 6.54 Å². The Bertz CT molecular complexity index is 253. The lowest BCUT2D eigenvalue weighted by atomic mass is 9.87. The van der Waals surface area contributed by atoms with Crippen LogP contribution in [0.25, 0.3) is 0 Å². The van der Waals surface area contributed by atoms with E-state index in [0.29, 0.717) is 0 Å². The van der Waals surface area contributed by atoms with Crippen LogP contribution in [0, 0.1) is 0 Å². The van der Waals surface area contributed by atoms with Crippen molar-refractivity contribution in [1.29, 1.82) is 0 Å². The summed E-state index contributed by atoms with van der Waals surface area (Å²) < 4.78 is 0. The fourth-order valence-corrected chi connectivity index (χ4v) is 1.33. The first-order valence-corrected chi connectivity index (χ1v) is 4.78. The normalized spacial score (nSPS) is 11.7. The molecule has 0 saturated carbocycles. The van der Waals surface area contributed by atoms with Crippen molar-refractivity contribution < 1.29 is 0 Å². The molecule has 0 aliphatic rings. The van der Waals surface area contributed by atoms with Gasteiger partial charge < -0.3 is 5.32 Å². The smallest absolute Gasteiger partial charge is 0.0202 e. The molecular weight excluding hydrogens is 158 g/mol. The van der Waals surface area contributed by atoms with Gasteiger partial charge >= 0.3 is 0 Å². The molecule has 0 radical (unpaired) electrons. The maximum Gasteiger partial charge on any atom is 0.0202 e. The van der Waals surface area contributed by atoms with Crippen LogP contribution >= 0.6 is 0 Å². The minimum Gasteiger partial charge on any atom is -0.316 e. The Balaban J connectivity index is 2.81. The van der Waals surface area contributed by atoms with Crippen LogP contribution in [0.4, 0.5) is 0 Å². The van der Waals surface area contributed by atoms with Crippen molar-refractivity contribution in [3.63, 3.8) is 0 Å². The molecule has 1 heteroatoms. The number of nitrogens with one attached hydrogen (secondary N) is 1. The molecule has 0 bridgehead atoms.